The van der Waals surface area contributed by atoms with Gasteiger partial charge in [-0.05, 0) is 38.5 Å². The van der Waals surface area contributed by atoms with Gasteiger partial charge in [-0.25, -0.2) is 0 Å². The van der Waals surface area contributed by atoms with E-state index in [9.17, 15) is 14.4 Å². The fraction of sp³-hybridized carbons (Fsp3) is 0.821. The maximum absolute atomic E-state index is 12.4. The molecule has 1 unspecified atom stereocenters. The van der Waals surface area contributed by atoms with Crippen molar-refractivity contribution in [1.29, 1.82) is 0 Å². The minimum atomic E-state index is -0.767. The average molecular weight is 635 g/mol. The Labute approximate surface area is 277 Å². The van der Waals surface area contributed by atoms with Gasteiger partial charge in [-0.3, -0.25) is 14.4 Å². The van der Waals surface area contributed by atoms with Gasteiger partial charge in [0.2, 0.25) is 0 Å². The lowest BCUT2D eigenvalue weighted by Crippen LogP contribution is -2.30. The van der Waals surface area contributed by atoms with Crippen molar-refractivity contribution in [3.8, 4) is 0 Å². The van der Waals surface area contributed by atoms with Gasteiger partial charge in [-0.15, -0.1) is 0 Å². The summed E-state index contributed by atoms with van der Waals surface area (Å²) in [5, 5.41) is 0. The third-order valence-corrected chi connectivity index (χ3v) is 8.04. The molecule has 0 aliphatic carbocycles. The van der Waals surface area contributed by atoms with Crippen LogP contribution in [0.3, 0.4) is 0 Å². The molecular weight excluding hydrogens is 564 g/mol. The summed E-state index contributed by atoms with van der Waals surface area (Å²) in [6.45, 7) is 5.61. The molecule has 0 aliphatic heterocycles. The summed E-state index contributed by atoms with van der Waals surface area (Å²) in [6, 6.07) is 0. The van der Waals surface area contributed by atoms with E-state index in [2.05, 4.69) is 38.2 Å². The first-order chi connectivity index (χ1) is 22.0. The van der Waals surface area contributed by atoms with Crippen LogP contribution in [0.2, 0.25) is 0 Å². The van der Waals surface area contributed by atoms with Crippen LogP contribution >= 0.6 is 0 Å². The molecule has 0 fully saturated rings. The van der Waals surface area contributed by atoms with E-state index in [0.29, 0.717) is 12.8 Å². The zero-order valence-corrected chi connectivity index (χ0v) is 29.6. The van der Waals surface area contributed by atoms with Gasteiger partial charge in [0, 0.05) is 19.8 Å². The van der Waals surface area contributed by atoms with E-state index < -0.39 is 12.1 Å². The van der Waals surface area contributed by atoms with E-state index in [1.807, 2.05) is 0 Å². The lowest BCUT2D eigenvalue weighted by atomic mass is 10.0. The number of rotatable bonds is 33. The van der Waals surface area contributed by atoms with Gasteiger partial charge in [0.1, 0.15) is 13.2 Å². The molecule has 45 heavy (non-hydrogen) atoms. The molecular formula is C39H70O6. The highest BCUT2D eigenvalue weighted by molar-refractivity contribution is 5.70. The van der Waals surface area contributed by atoms with E-state index >= 15 is 0 Å². The highest BCUT2D eigenvalue weighted by Crippen LogP contribution is 2.14. The monoisotopic (exact) mass is 635 g/mol. The zero-order valence-electron chi connectivity index (χ0n) is 29.6. The second-order valence-corrected chi connectivity index (χ2v) is 12.6. The lowest BCUT2D eigenvalue weighted by Gasteiger charge is -2.18. The second-order valence-electron chi connectivity index (χ2n) is 12.6. The number of hydrogen-bond acceptors (Lipinski definition) is 6. The molecule has 0 aromatic rings. The van der Waals surface area contributed by atoms with Gasteiger partial charge in [0.25, 0.3) is 0 Å². The maximum atomic E-state index is 12.4. The normalized spacial score (nSPS) is 12.2. The van der Waals surface area contributed by atoms with Crippen LogP contribution in [0.5, 0.6) is 0 Å². The predicted octanol–water partition coefficient (Wildman–Crippen LogP) is 11.3. The van der Waals surface area contributed by atoms with Gasteiger partial charge in [-0.1, -0.05) is 154 Å². The molecule has 0 saturated carbocycles. The Morgan fingerprint density at radius 1 is 0.489 bits per heavy atom. The Hall–Kier alpha value is -2.11. The molecule has 0 radical (unpaired) electrons. The first-order valence-electron chi connectivity index (χ1n) is 18.8. The molecule has 0 aromatic carbocycles. The van der Waals surface area contributed by atoms with Crippen molar-refractivity contribution in [1.82, 2.24) is 0 Å². The third-order valence-electron chi connectivity index (χ3n) is 8.04. The summed E-state index contributed by atoms with van der Waals surface area (Å²) in [5.74, 6) is -1.09. The molecule has 0 aromatic heterocycles. The molecule has 0 saturated heterocycles. The molecule has 0 spiro atoms. The van der Waals surface area contributed by atoms with E-state index in [-0.39, 0.29) is 25.2 Å². The predicted molar refractivity (Wildman–Crippen MR) is 187 cm³/mol. The average Bonchev–Trinajstić information content (AvgIpc) is 3.02. The van der Waals surface area contributed by atoms with Crippen LogP contribution in [-0.4, -0.2) is 37.2 Å². The van der Waals surface area contributed by atoms with Crippen molar-refractivity contribution >= 4 is 17.9 Å². The Balaban J connectivity index is 3.89. The SMILES string of the molecule is CCCCCC/C=C/C=C\CCCCCCCC(=O)OCC(COC(C)=O)OC(=O)CCCCCCCCCCCCCCC. The van der Waals surface area contributed by atoms with Crippen LogP contribution in [-0.2, 0) is 28.6 Å². The summed E-state index contributed by atoms with van der Waals surface area (Å²) in [4.78, 5) is 35.9. The minimum Gasteiger partial charge on any atom is -0.462 e. The molecule has 0 aliphatic rings. The van der Waals surface area contributed by atoms with E-state index in [0.717, 1.165) is 57.8 Å². The Morgan fingerprint density at radius 2 is 0.867 bits per heavy atom. The summed E-state index contributed by atoms with van der Waals surface area (Å²) < 4.78 is 15.9. The first kappa shape index (κ1) is 42.9. The minimum absolute atomic E-state index is 0.0873. The fourth-order valence-electron chi connectivity index (χ4n) is 5.22. The molecule has 6 heteroatoms. The maximum Gasteiger partial charge on any atom is 0.306 e. The molecule has 0 heterocycles. The smallest absolute Gasteiger partial charge is 0.306 e. The Bertz CT molecular complexity index is 744. The summed E-state index contributed by atoms with van der Waals surface area (Å²) in [5.41, 5.74) is 0. The van der Waals surface area contributed by atoms with Crippen molar-refractivity contribution in [3.63, 3.8) is 0 Å². The van der Waals surface area contributed by atoms with Crippen LogP contribution in [0, 0.1) is 0 Å². The summed E-state index contributed by atoms with van der Waals surface area (Å²) in [6.07, 6.45) is 37.6. The number of unbranched alkanes of at least 4 members (excludes halogenated alkanes) is 21. The molecule has 0 N–H and O–H groups in total. The molecule has 0 rings (SSSR count). The second kappa shape index (κ2) is 34.8. The summed E-state index contributed by atoms with van der Waals surface area (Å²) >= 11 is 0. The first-order valence-corrected chi connectivity index (χ1v) is 18.8. The van der Waals surface area contributed by atoms with Crippen LogP contribution in [0.1, 0.15) is 188 Å². The number of ether oxygens (including phenoxy) is 3. The quantitative estimate of drug-likeness (QED) is 0.0309. The van der Waals surface area contributed by atoms with E-state index in [1.165, 1.54) is 103 Å². The largest absolute Gasteiger partial charge is 0.462 e. The van der Waals surface area contributed by atoms with Crippen LogP contribution in [0.4, 0.5) is 0 Å². The van der Waals surface area contributed by atoms with Crippen molar-refractivity contribution < 1.29 is 28.6 Å². The number of carbonyl (C=O) groups excluding carboxylic acids is 3. The van der Waals surface area contributed by atoms with Gasteiger partial charge < -0.3 is 14.2 Å². The van der Waals surface area contributed by atoms with Crippen molar-refractivity contribution in [2.75, 3.05) is 13.2 Å². The number of esters is 3. The molecule has 0 bridgehead atoms. The zero-order chi connectivity index (χ0) is 33.1. The van der Waals surface area contributed by atoms with Crippen LogP contribution < -0.4 is 0 Å². The molecule has 1 atom stereocenters. The van der Waals surface area contributed by atoms with Crippen molar-refractivity contribution in [3.05, 3.63) is 24.3 Å². The standard InChI is InChI=1S/C39H70O6/c1-4-6-8-10-12-14-16-18-19-21-22-24-26-28-30-32-38(41)44-35-37(34-43-36(3)40)45-39(42)33-31-29-27-25-23-20-17-15-13-11-9-7-5-2/h14,16,18-19,37H,4-13,15,17,20-35H2,1-3H3/b16-14+,19-18-. The van der Waals surface area contributed by atoms with Crippen molar-refractivity contribution in [2.45, 2.75) is 194 Å². The van der Waals surface area contributed by atoms with Crippen molar-refractivity contribution in [2.24, 2.45) is 0 Å². The number of carbonyl (C=O) groups is 3. The molecule has 6 nitrogen and oxygen atoms in total. The fourth-order valence-corrected chi connectivity index (χ4v) is 5.22. The molecule has 262 valence electrons. The highest BCUT2D eigenvalue weighted by Gasteiger charge is 2.18. The molecule has 0 amide bonds. The Morgan fingerprint density at radius 3 is 1.33 bits per heavy atom. The number of allylic oxidation sites excluding steroid dienone is 4. The van der Waals surface area contributed by atoms with E-state index in [4.69, 9.17) is 14.2 Å². The topological polar surface area (TPSA) is 78.9 Å². The summed E-state index contributed by atoms with van der Waals surface area (Å²) in [7, 11) is 0. The number of hydrogen-bond donors (Lipinski definition) is 0. The van der Waals surface area contributed by atoms with Crippen LogP contribution in [0.15, 0.2) is 24.3 Å². The third kappa shape index (κ3) is 34.6. The Kier molecular flexibility index (Phi) is 33.1. The van der Waals surface area contributed by atoms with Gasteiger partial charge in [0.15, 0.2) is 6.10 Å². The lowest BCUT2D eigenvalue weighted by molar-refractivity contribution is -0.166. The van der Waals surface area contributed by atoms with Crippen LogP contribution in [0.25, 0.3) is 0 Å². The van der Waals surface area contributed by atoms with E-state index in [1.54, 1.807) is 0 Å². The van der Waals surface area contributed by atoms with Gasteiger partial charge in [0.05, 0.1) is 0 Å². The van der Waals surface area contributed by atoms with Gasteiger partial charge >= 0.3 is 17.9 Å². The van der Waals surface area contributed by atoms with Gasteiger partial charge in [-0.2, -0.15) is 0 Å². The highest BCUT2D eigenvalue weighted by atomic mass is 16.6.